The first-order chi connectivity index (χ1) is 9.33. The molecule has 0 saturated carbocycles. The highest BCUT2D eigenvalue weighted by Crippen LogP contribution is 2.11. The Kier molecular flexibility index (Phi) is 2.90. The molecule has 0 aliphatic rings. The van der Waals surface area contributed by atoms with Crippen molar-refractivity contribution in [1.29, 1.82) is 0 Å². The molecule has 0 N–H and O–H groups in total. The third kappa shape index (κ3) is 2.42. The molecule has 0 spiro atoms. The average Bonchev–Trinajstić information content (AvgIpc) is 2.99. The molecule has 2 aromatic heterocycles. The largest absolute Gasteiger partial charge is 0.291 e. The number of carbonyl (C=O) groups is 1. The lowest BCUT2D eigenvalue weighted by atomic mass is 10.2. The van der Waals surface area contributed by atoms with Crippen LogP contribution < -0.4 is 0 Å². The molecule has 0 radical (unpaired) electrons. The second-order valence-corrected chi connectivity index (χ2v) is 4.09. The highest BCUT2D eigenvalue weighted by atomic mass is 16.1. The molecule has 19 heavy (non-hydrogen) atoms. The third-order valence-corrected chi connectivity index (χ3v) is 2.77. The molecule has 2 heterocycles. The fourth-order valence-electron chi connectivity index (χ4n) is 1.81. The molecule has 92 valence electrons. The zero-order valence-electron chi connectivity index (χ0n) is 10.1. The number of nitrogens with zero attached hydrogens (tertiary/aromatic N) is 3. The number of fused-ring (bicyclic) bond motifs is 1. The van der Waals surface area contributed by atoms with E-state index in [4.69, 9.17) is 0 Å². The van der Waals surface area contributed by atoms with Crippen LogP contribution in [0.15, 0.2) is 60.9 Å². The van der Waals surface area contributed by atoms with Gasteiger partial charge < -0.3 is 0 Å². The number of aromatic nitrogens is 3. The van der Waals surface area contributed by atoms with Crippen molar-refractivity contribution in [2.75, 3.05) is 0 Å². The van der Waals surface area contributed by atoms with E-state index in [0.717, 1.165) is 10.9 Å². The Morgan fingerprint density at radius 2 is 1.84 bits per heavy atom. The monoisotopic (exact) mass is 249 g/mol. The van der Waals surface area contributed by atoms with Gasteiger partial charge in [0.05, 0.1) is 11.2 Å². The topological polar surface area (TPSA) is 47.8 Å². The zero-order chi connectivity index (χ0) is 13.1. The first-order valence-corrected chi connectivity index (χ1v) is 5.91. The minimum atomic E-state index is -0.111. The fraction of sp³-hybridized carbons (Fsp3) is 0. The molecule has 0 aliphatic carbocycles. The van der Waals surface area contributed by atoms with Crippen LogP contribution in [0.2, 0.25) is 0 Å². The lowest BCUT2D eigenvalue weighted by Crippen LogP contribution is -2.03. The predicted octanol–water partition coefficient (Wildman–Crippen LogP) is 2.78. The summed E-state index contributed by atoms with van der Waals surface area (Å²) in [6.45, 7) is 0. The number of benzene rings is 1. The standard InChI is InChI=1S/C15H11N3O/c19-15(18-9-3-4-10-18)8-7-13-11-12-5-1-2-6-14(12)17-16-13/h1-11H/b8-7+. The van der Waals surface area contributed by atoms with E-state index in [0.29, 0.717) is 5.69 Å². The van der Waals surface area contributed by atoms with Crippen LogP contribution in [0.5, 0.6) is 0 Å². The summed E-state index contributed by atoms with van der Waals surface area (Å²) < 4.78 is 1.50. The predicted molar refractivity (Wildman–Crippen MR) is 73.6 cm³/mol. The van der Waals surface area contributed by atoms with E-state index in [-0.39, 0.29) is 5.91 Å². The van der Waals surface area contributed by atoms with E-state index in [1.807, 2.05) is 42.5 Å². The molecule has 3 rings (SSSR count). The van der Waals surface area contributed by atoms with E-state index >= 15 is 0 Å². The van der Waals surface area contributed by atoms with Gasteiger partial charge in [-0.2, -0.15) is 5.10 Å². The molecule has 0 atom stereocenters. The Hall–Kier alpha value is -2.75. The highest BCUT2D eigenvalue weighted by molar-refractivity contribution is 5.93. The van der Waals surface area contributed by atoms with E-state index in [2.05, 4.69) is 10.2 Å². The van der Waals surface area contributed by atoms with Crippen molar-refractivity contribution in [3.63, 3.8) is 0 Å². The van der Waals surface area contributed by atoms with E-state index in [1.165, 1.54) is 10.6 Å². The van der Waals surface area contributed by atoms with Gasteiger partial charge in [0.15, 0.2) is 0 Å². The quantitative estimate of drug-likeness (QED) is 0.656. The maximum Gasteiger partial charge on any atom is 0.254 e. The van der Waals surface area contributed by atoms with Gasteiger partial charge in [-0.15, -0.1) is 5.10 Å². The lowest BCUT2D eigenvalue weighted by molar-refractivity contribution is 0.0970. The molecular weight excluding hydrogens is 238 g/mol. The molecule has 0 aliphatic heterocycles. The smallest absolute Gasteiger partial charge is 0.254 e. The van der Waals surface area contributed by atoms with E-state index < -0.39 is 0 Å². The van der Waals surface area contributed by atoms with Crippen LogP contribution in [0.3, 0.4) is 0 Å². The Bertz CT molecular complexity index is 745. The molecule has 0 fully saturated rings. The Morgan fingerprint density at radius 1 is 1.05 bits per heavy atom. The maximum atomic E-state index is 11.8. The van der Waals surface area contributed by atoms with Crippen molar-refractivity contribution in [1.82, 2.24) is 14.8 Å². The van der Waals surface area contributed by atoms with Gasteiger partial charge in [0.25, 0.3) is 5.91 Å². The van der Waals surface area contributed by atoms with Crippen LogP contribution in [-0.2, 0) is 0 Å². The maximum absolute atomic E-state index is 11.8. The summed E-state index contributed by atoms with van der Waals surface area (Å²) in [5.74, 6) is -0.111. The number of carbonyl (C=O) groups excluding carboxylic acids is 1. The summed E-state index contributed by atoms with van der Waals surface area (Å²) in [5, 5.41) is 9.17. The number of hydrogen-bond acceptors (Lipinski definition) is 3. The SMILES string of the molecule is O=C(/C=C/c1cc2ccccc2nn1)n1cccc1. The fourth-order valence-corrected chi connectivity index (χ4v) is 1.81. The summed E-state index contributed by atoms with van der Waals surface area (Å²) >= 11 is 0. The van der Waals surface area contributed by atoms with Crippen molar-refractivity contribution < 1.29 is 4.79 Å². The summed E-state index contributed by atoms with van der Waals surface area (Å²) in [4.78, 5) is 11.8. The lowest BCUT2D eigenvalue weighted by Gasteiger charge is -1.97. The van der Waals surface area contributed by atoms with Crippen LogP contribution >= 0.6 is 0 Å². The van der Waals surface area contributed by atoms with Crippen LogP contribution in [-0.4, -0.2) is 20.7 Å². The van der Waals surface area contributed by atoms with Crippen molar-refractivity contribution in [3.05, 3.63) is 66.6 Å². The van der Waals surface area contributed by atoms with Gasteiger partial charge >= 0.3 is 0 Å². The van der Waals surface area contributed by atoms with Gasteiger partial charge in [-0.1, -0.05) is 18.2 Å². The Morgan fingerprint density at radius 3 is 2.68 bits per heavy atom. The summed E-state index contributed by atoms with van der Waals surface area (Å²) in [5.41, 5.74) is 1.51. The van der Waals surface area contributed by atoms with Gasteiger partial charge in [-0.3, -0.25) is 9.36 Å². The van der Waals surface area contributed by atoms with Crippen molar-refractivity contribution in [3.8, 4) is 0 Å². The normalized spacial score (nSPS) is 11.2. The molecule has 4 nitrogen and oxygen atoms in total. The second kappa shape index (κ2) is 4.86. The van der Waals surface area contributed by atoms with Gasteiger partial charge in [0.1, 0.15) is 0 Å². The van der Waals surface area contributed by atoms with Crippen LogP contribution in [0.25, 0.3) is 17.0 Å². The first kappa shape index (κ1) is 11.3. The van der Waals surface area contributed by atoms with Crippen LogP contribution in [0.4, 0.5) is 0 Å². The number of rotatable bonds is 2. The summed E-state index contributed by atoms with van der Waals surface area (Å²) in [6.07, 6.45) is 6.57. The highest BCUT2D eigenvalue weighted by Gasteiger charge is 1.99. The molecule has 1 aromatic carbocycles. The Balaban J connectivity index is 1.87. The van der Waals surface area contributed by atoms with Gasteiger partial charge in [0.2, 0.25) is 0 Å². The van der Waals surface area contributed by atoms with Crippen molar-refractivity contribution in [2.45, 2.75) is 0 Å². The summed E-state index contributed by atoms with van der Waals surface area (Å²) in [6, 6.07) is 13.3. The summed E-state index contributed by atoms with van der Waals surface area (Å²) in [7, 11) is 0. The second-order valence-electron chi connectivity index (χ2n) is 4.09. The van der Waals surface area contributed by atoms with Crippen molar-refractivity contribution in [2.24, 2.45) is 0 Å². The first-order valence-electron chi connectivity index (χ1n) is 5.91. The minimum absolute atomic E-state index is 0.111. The third-order valence-electron chi connectivity index (χ3n) is 2.77. The van der Waals surface area contributed by atoms with Crippen LogP contribution in [0, 0.1) is 0 Å². The molecule has 0 amide bonds. The minimum Gasteiger partial charge on any atom is -0.291 e. The average molecular weight is 249 g/mol. The number of hydrogen-bond donors (Lipinski definition) is 0. The van der Waals surface area contributed by atoms with Crippen molar-refractivity contribution >= 4 is 22.9 Å². The van der Waals surface area contributed by atoms with Crippen LogP contribution in [0.1, 0.15) is 10.5 Å². The molecule has 4 heteroatoms. The molecular formula is C15H11N3O. The molecule has 0 unspecified atom stereocenters. The Labute approximate surface area is 110 Å². The van der Waals surface area contributed by atoms with E-state index in [9.17, 15) is 4.79 Å². The number of allylic oxidation sites excluding steroid dienone is 1. The molecule has 0 saturated heterocycles. The van der Waals surface area contributed by atoms with Gasteiger partial charge in [-0.25, -0.2) is 0 Å². The van der Waals surface area contributed by atoms with Gasteiger partial charge in [0, 0.05) is 23.9 Å². The van der Waals surface area contributed by atoms with Gasteiger partial charge in [-0.05, 0) is 30.3 Å². The zero-order valence-corrected chi connectivity index (χ0v) is 10.1. The van der Waals surface area contributed by atoms with E-state index in [1.54, 1.807) is 18.5 Å². The molecule has 0 bridgehead atoms. The molecule has 3 aromatic rings.